The van der Waals surface area contributed by atoms with Gasteiger partial charge >= 0.3 is 0 Å². The summed E-state index contributed by atoms with van der Waals surface area (Å²) in [4.78, 5) is 0. The Kier molecular flexibility index (Phi) is 4.52. The van der Waals surface area contributed by atoms with E-state index in [1.54, 1.807) is 11.8 Å². The molecule has 0 saturated carbocycles. The van der Waals surface area contributed by atoms with Gasteiger partial charge in [0.25, 0.3) is 0 Å². The van der Waals surface area contributed by atoms with Crippen LogP contribution in [0.2, 0.25) is 0 Å². The van der Waals surface area contributed by atoms with Crippen LogP contribution < -0.4 is 5.32 Å². The quantitative estimate of drug-likeness (QED) is 0.614. The zero-order chi connectivity index (χ0) is 9.73. The number of rotatable bonds is 4. The monoisotopic (exact) mass is 205 g/mol. The van der Waals surface area contributed by atoms with Crippen LogP contribution in [0.5, 0.6) is 0 Å². The highest BCUT2D eigenvalue weighted by Crippen LogP contribution is 2.25. The van der Waals surface area contributed by atoms with Crippen molar-refractivity contribution >= 4 is 11.8 Å². The summed E-state index contributed by atoms with van der Waals surface area (Å²) in [5.74, 6) is 0.746. The fraction of sp³-hybridized carbons (Fsp3) is 1.00. The highest BCUT2D eigenvalue weighted by Gasteiger charge is 2.29. The molecule has 0 aromatic carbocycles. The number of aliphatic hydroxyl groups excluding tert-OH is 1. The number of piperidine rings is 1. The van der Waals surface area contributed by atoms with Crippen LogP contribution in [0.4, 0.5) is 0 Å². The van der Waals surface area contributed by atoms with Crippen molar-refractivity contribution in [1.29, 1.82) is 0 Å². The van der Waals surface area contributed by atoms with Gasteiger partial charge < -0.3 is 15.5 Å². The van der Waals surface area contributed by atoms with Crippen LogP contribution >= 0.6 is 11.8 Å². The first-order chi connectivity index (χ1) is 6.16. The number of nitrogens with one attached hydrogen (secondary N) is 1. The molecule has 78 valence electrons. The summed E-state index contributed by atoms with van der Waals surface area (Å²) in [7, 11) is 0. The molecule has 1 aliphatic rings. The predicted molar refractivity (Wildman–Crippen MR) is 56.1 cm³/mol. The molecule has 3 nitrogen and oxygen atoms in total. The molecule has 1 aliphatic heterocycles. The molecule has 1 atom stereocenters. The second-order valence-electron chi connectivity index (χ2n) is 3.78. The molecule has 1 fully saturated rings. The van der Waals surface area contributed by atoms with Crippen molar-refractivity contribution in [2.45, 2.75) is 30.6 Å². The van der Waals surface area contributed by atoms with Crippen LogP contribution in [-0.4, -0.2) is 46.5 Å². The lowest BCUT2D eigenvalue weighted by molar-refractivity contribution is 0.0338. The van der Waals surface area contributed by atoms with Gasteiger partial charge in [0.2, 0.25) is 0 Å². The van der Waals surface area contributed by atoms with E-state index in [1.807, 2.05) is 6.92 Å². The summed E-state index contributed by atoms with van der Waals surface area (Å²) in [5, 5.41) is 22.4. The maximum absolute atomic E-state index is 10.1. The second-order valence-corrected chi connectivity index (χ2v) is 5.21. The van der Waals surface area contributed by atoms with Gasteiger partial charge in [-0.1, -0.05) is 6.92 Å². The fourth-order valence-corrected chi connectivity index (χ4v) is 2.38. The molecule has 1 rings (SSSR count). The minimum absolute atomic E-state index is 0.193. The normalized spacial score (nSPS) is 24.2. The van der Waals surface area contributed by atoms with Crippen molar-refractivity contribution in [1.82, 2.24) is 5.32 Å². The molecule has 0 spiro atoms. The van der Waals surface area contributed by atoms with E-state index in [9.17, 15) is 5.11 Å². The highest BCUT2D eigenvalue weighted by atomic mass is 32.2. The Hall–Kier alpha value is 0.230. The minimum Gasteiger partial charge on any atom is -0.395 e. The lowest BCUT2D eigenvalue weighted by Crippen LogP contribution is -2.44. The van der Waals surface area contributed by atoms with E-state index < -0.39 is 5.60 Å². The third-order valence-electron chi connectivity index (χ3n) is 2.43. The van der Waals surface area contributed by atoms with Gasteiger partial charge in [0.1, 0.15) is 0 Å². The van der Waals surface area contributed by atoms with Gasteiger partial charge in [-0.2, -0.15) is 11.8 Å². The van der Waals surface area contributed by atoms with E-state index in [0.29, 0.717) is 0 Å². The lowest BCUT2D eigenvalue weighted by Gasteiger charge is -2.32. The van der Waals surface area contributed by atoms with Gasteiger partial charge in [0.15, 0.2) is 0 Å². The summed E-state index contributed by atoms with van der Waals surface area (Å²) in [5.41, 5.74) is -0.501. The zero-order valence-electron chi connectivity index (χ0n) is 8.12. The van der Waals surface area contributed by atoms with E-state index in [-0.39, 0.29) is 11.9 Å². The summed E-state index contributed by atoms with van der Waals surface area (Å²) in [6, 6.07) is 0. The Balaban J connectivity index is 2.24. The summed E-state index contributed by atoms with van der Waals surface area (Å²) in [6.07, 6.45) is 1.66. The van der Waals surface area contributed by atoms with Gasteiger partial charge in [0, 0.05) is 11.0 Å². The van der Waals surface area contributed by atoms with E-state index in [1.165, 1.54) is 0 Å². The molecule has 3 N–H and O–H groups in total. The Bertz CT molecular complexity index is 149. The fourth-order valence-electron chi connectivity index (χ4n) is 1.39. The third-order valence-corrected chi connectivity index (χ3v) is 3.85. The standard InChI is InChI=1S/C9H19NO2S/c1-8(6-11)13-7-9(12)2-4-10-5-3-9/h8,10-12H,2-7H2,1H3. The smallest absolute Gasteiger partial charge is 0.0762 e. The molecule has 0 aliphatic carbocycles. The first-order valence-corrected chi connectivity index (χ1v) is 5.87. The second kappa shape index (κ2) is 5.20. The Morgan fingerprint density at radius 3 is 2.62 bits per heavy atom. The largest absolute Gasteiger partial charge is 0.395 e. The van der Waals surface area contributed by atoms with Crippen molar-refractivity contribution < 1.29 is 10.2 Å². The van der Waals surface area contributed by atoms with Crippen molar-refractivity contribution in [3.05, 3.63) is 0 Å². The average molecular weight is 205 g/mol. The highest BCUT2D eigenvalue weighted by molar-refractivity contribution is 7.99. The van der Waals surface area contributed by atoms with E-state index in [0.717, 1.165) is 31.7 Å². The van der Waals surface area contributed by atoms with Crippen LogP contribution in [0.3, 0.4) is 0 Å². The van der Waals surface area contributed by atoms with E-state index >= 15 is 0 Å². The van der Waals surface area contributed by atoms with Crippen LogP contribution in [0.25, 0.3) is 0 Å². The van der Waals surface area contributed by atoms with Crippen LogP contribution in [0, 0.1) is 0 Å². The molecule has 0 aromatic heterocycles. The molecule has 0 bridgehead atoms. The molecule has 1 unspecified atom stereocenters. The van der Waals surface area contributed by atoms with Gasteiger partial charge in [-0.15, -0.1) is 0 Å². The summed E-state index contributed by atoms with van der Waals surface area (Å²) in [6.45, 7) is 3.99. The Morgan fingerprint density at radius 1 is 1.46 bits per heavy atom. The molecule has 1 saturated heterocycles. The van der Waals surface area contributed by atoms with Gasteiger partial charge in [-0.05, 0) is 25.9 Å². The SMILES string of the molecule is CC(CO)SCC1(O)CCNCC1. The molecular weight excluding hydrogens is 186 g/mol. The van der Waals surface area contributed by atoms with Crippen molar-refractivity contribution in [3.63, 3.8) is 0 Å². The third kappa shape index (κ3) is 3.85. The average Bonchev–Trinajstić information content (AvgIpc) is 2.15. The van der Waals surface area contributed by atoms with Crippen LogP contribution in [-0.2, 0) is 0 Å². The minimum atomic E-state index is -0.501. The molecule has 0 amide bonds. The van der Waals surface area contributed by atoms with Crippen LogP contribution in [0.1, 0.15) is 19.8 Å². The number of thioether (sulfide) groups is 1. The number of hydrogen-bond donors (Lipinski definition) is 3. The van der Waals surface area contributed by atoms with Gasteiger partial charge in [-0.25, -0.2) is 0 Å². The van der Waals surface area contributed by atoms with Gasteiger partial charge in [-0.3, -0.25) is 0 Å². The van der Waals surface area contributed by atoms with Crippen molar-refractivity contribution in [3.8, 4) is 0 Å². The predicted octanol–water partition coefficient (Wildman–Crippen LogP) is 0.215. The maximum atomic E-state index is 10.1. The van der Waals surface area contributed by atoms with Gasteiger partial charge in [0.05, 0.1) is 12.2 Å². The first-order valence-electron chi connectivity index (χ1n) is 4.82. The lowest BCUT2D eigenvalue weighted by atomic mass is 9.95. The molecule has 0 radical (unpaired) electrons. The zero-order valence-corrected chi connectivity index (χ0v) is 8.94. The van der Waals surface area contributed by atoms with Crippen LogP contribution in [0.15, 0.2) is 0 Å². The molecule has 13 heavy (non-hydrogen) atoms. The first kappa shape index (κ1) is 11.3. The molecule has 0 aromatic rings. The summed E-state index contributed by atoms with van der Waals surface area (Å²) >= 11 is 1.65. The van der Waals surface area contributed by atoms with Crippen molar-refractivity contribution in [2.24, 2.45) is 0 Å². The number of hydrogen-bond acceptors (Lipinski definition) is 4. The summed E-state index contributed by atoms with van der Waals surface area (Å²) < 4.78 is 0. The topological polar surface area (TPSA) is 52.5 Å². The Labute approximate surface area is 83.9 Å². The van der Waals surface area contributed by atoms with Crippen molar-refractivity contribution in [2.75, 3.05) is 25.4 Å². The molecule has 4 heteroatoms. The maximum Gasteiger partial charge on any atom is 0.0762 e. The van der Waals surface area contributed by atoms with E-state index in [2.05, 4.69) is 5.32 Å². The molecule has 1 heterocycles. The molecular formula is C9H19NO2S. The van der Waals surface area contributed by atoms with E-state index in [4.69, 9.17) is 5.11 Å². The number of aliphatic hydroxyl groups is 2. The Morgan fingerprint density at radius 2 is 2.08 bits per heavy atom.